The van der Waals surface area contributed by atoms with Gasteiger partial charge in [-0.05, 0) is 31.0 Å². The fraction of sp³-hybridized carbons (Fsp3) is 0.444. The number of aliphatic hydroxyl groups is 2. The van der Waals surface area contributed by atoms with Gasteiger partial charge in [-0.3, -0.25) is 9.79 Å². The third-order valence-electron chi connectivity index (χ3n) is 4.61. The first-order valence-corrected chi connectivity index (χ1v) is 9.51. The molecular weight excluding hydrogens is 374 g/mol. The van der Waals surface area contributed by atoms with Crippen LogP contribution >= 0.6 is 23.4 Å². The number of aliphatic hydroxyl groups excluding tert-OH is 2. The number of amidine groups is 1. The highest BCUT2D eigenvalue weighted by Crippen LogP contribution is 2.41. The van der Waals surface area contributed by atoms with E-state index in [1.165, 1.54) is 11.8 Å². The average Bonchev–Trinajstić information content (AvgIpc) is 3.03. The monoisotopic (exact) mass is 393 g/mol. The summed E-state index contributed by atoms with van der Waals surface area (Å²) in [5, 5.41) is 27.2. The van der Waals surface area contributed by atoms with Crippen LogP contribution < -0.4 is 10.6 Å². The summed E-state index contributed by atoms with van der Waals surface area (Å²) in [5.74, 6) is 1.65. The number of aliphatic imine (C=N–C) groups is 1. The predicted octanol–water partition coefficient (Wildman–Crippen LogP) is 1.39. The number of benzene rings is 1. The van der Waals surface area contributed by atoms with Crippen LogP contribution in [0.4, 0.5) is 5.69 Å². The van der Waals surface area contributed by atoms with Gasteiger partial charge in [-0.1, -0.05) is 35.3 Å². The molecule has 6 nitrogen and oxygen atoms in total. The van der Waals surface area contributed by atoms with Gasteiger partial charge in [0, 0.05) is 16.0 Å². The van der Waals surface area contributed by atoms with Gasteiger partial charge < -0.3 is 20.8 Å². The van der Waals surface area contributed by atoms with Crippen molar-refractivity contribution >= 4 is 40.1 Å². The van der Waals surface area contributed by atoms with Gasteiger partial charge in [0.15, 0.2) is 5.17 Å². The summed E-state index contributed by atoms with van der Waals surface area (Å²) in [7, 11) is 0. The number of carbonyl (C=O) groups is 1. The summed E-state index contributed by atoms with van der Waals surface area (Å²) in [6.45, 7) is 2.05. The van der Waals surface area contributed by atoms with E-state index in [1.54, 1.807) is 6.07 Å². The molecule has 1 aromatic rings. The lowest BCUT2D eigenvalue weighted by Gasteiger charge is -2.37. The van der Waals surface area contributed by atoms with E-state index in [-0.39, 0.29) is 24.1 Å². The number of nitrogens with zero attached hydrogens (tertiary/aromatic N) is 1. The van der Waals surface area contributed by atoms with Crippen molar-refractivity contribution in [1.29, 1.82) is 0 Å². The predicted molar refractivity (Wildman–Crippen MR) is 104 cm³/mol. The van der Waals surface area contributed by atoms with Crippen LogP contribution in [0.3, 0.4) is 0 Å². The quantitative estimate of drug-likeness (QED) is 0.582. The molecule has 1 amide bonds. The molecule has 138 valence electrons. The van der Waals surface area contributed by atoms with Crippen LogP contribution in [-0.2, 0) is 4.79 Å². The summed E-state index contributed by atoms with van der Waals surface area (Å²) in [6.07, 6.45) is 3.35. The smallest absolute Gasteiger partial charge is 0.225 e. The first-order chi connectivity index (χ1) is 12.4. The molecule has 26 heavy (non-hydrogen) atoms. The van der Waals surface area contributed by atoms with E-state index >= 15 is 0 Å². The second kappa shape index (κ2) is 7.89. The number of hydrogen-bond donors (Lipinski definition) is 4. The number of fused-ring (bicyclic) bond motifs is 1. The minimum Gasteiger partial charge on any atom is -0.390 e. The molecule has 0 saturated heterocycles. The first-order valence-electron chi connectivity index (χ1n) is 8.25. The zero-order valence-corrected chi connectivity index (χ0v) is 15.7. The third kappa shape index (κ3) is 3.84. The third-order valence-corrected chi connectivity index (χ3v) is 6.33. The first kappa shape index (κ1) is 19.1. The summed E-state index contributed by atoms with van der Waals surface area (Å²) in [6, 6.07) is 5.01. The lowest BCUT2D eigenvalue weighted by molar-refractivity contribution is -0.129. The van der Waals surface area contributed by atoms with Crippen LogP contribution in [0.2, 0.25) is 5.02 Å². The molecular formula is C18H20ClN3O3S. The second-order valence-corrected chi connectivity index (χ2v) is 7.99. The van der Waals surface area contributed by atoms with E-state index in [0.717, 1.165) is 11.3 Å². The summed E-state index contributed by atoms with van der Waals surface area (Å²) >= 11 is 7.54. The van der Waals surface area contributed by atoms with E-state index < -0.39 is 24.2 Å². The molecule has 5 atom stereocenters. The number of anilines is 1. The molecule has 3 rings (SSSR count). The van der Waals surface area contributed by atoms with Crippen molar-refractivity contribution < 1.29 is 15.0 Å². The Bertz CT molecular complexity index is 779. The Labute approximate surface area is 161 Å². The van der Waals surface area contributed by atoms with E-state index in [9.17, 15) is 15.0 Å². The number of aryl methyl sites for hydroxylation is 1. The van der Waals surface area contributed by atoms with Gasteiger partial charge in [0.1, 0.15) is 6.10 Å². The average molecular weight is 394 g/mol. The maximum Gasteiger partial charge on any atom is 0.225 e. The fourth-order valence-corrected chi connectivity index (χ4v) is 4.73. The van der Waals surface area contributed by atoms with Crippen molar-refractivity contribution in [3.8, 4) is 12.3 Å². The van der Waals surface area contributed by atoms with E-state index in [0.29, 0.717) is 10.2 Å². The summed E-state index contributed by atoms with van der Waals surface area (Å²) in [5.41, 5.74) is 1.74. The van der Waals surface area contributed by atoms with Gasteiger partial charge in [-0.2, -0.15) is 0 Å². The molecule has 1 aliphatic carbocycles. The van der Waals surface area contributed by atoms with Gasteiger partial charge >= 0.3 is 0 Å². The van der Waals surface area contributed by atoms with Crippen LogP contribution in [0, 0.1) is 25.2 Å². The summed E-state index contributed by atoms with van der Waals surface area (Å²) < 4.78 is 0. The number of thioether (sulfide) groups is 1. The highest BCUT2D eigenvalue weighted by Gasteiger charge is 2.50. The van der Waals surface area contributed by atoms with Crippen molar-refractivity contribution in [1.82, 2.24) is 5.32 Å². The van der Waals surface area contributed by atoms with E-state index in [1.807, 2.05) is 19.1 Å². The lowest BCUT2D eigenvalue weighted by atomic mass is 9.81. The van der Waals surface area contributed by atoms with Gasteiger partial charge in [0.25, 0.3) is 0 Å². The molecule has 1 saturated carbocycles. The van der Waals surface area contributed by atoms with Gasteiger partial charge in [-0.15, -0.1) is 6.42 Å². The normalized spacial score (nSPS) is 30.1. The zero-order chi connectivity index (χ0) is 18.8. The number of nitrogens with one attached hydrogen (secondary N) is 2. The molecule has 8 heteroatoms. The minimum absolute atomic E-state index is 0.129. The number of amides is 1. The summed E-state index contributed by atoms with van der Waals surface area (Å²) in [4.78, 5) is 16.9. The van der Waals surface area contributed by atoms with Gasteiger partial charge in [-0.25, -0.2) is 0 Å². The maximum absolute atomic E-state index is 12.4. The number of carbonyl (C=O) groups excluding carboxylic acids is 1. The molecule has 0 radical (unpaired) electrons. The fourth-order valence-electron chi connectivity index (χ4n) is 3.17. The lowest BCUT2D eigenvalue weighted by Crippen LogP contribution is -2.54. The Morgan fingerprint density at radius 3 is 2.96 bits per heavy atom. The van der Waals surface area contributed by atoms with Crippen LogP contribution in [0.25, 0.3) is 0 Å². The van der Waals surface area contributed by atoms with Crippen molar-refractivity contribution in [2.75, 3.05) is 11.9 Å². The SMILES string of the molecule is C#CCNC(=O)[C@H]1C[C@@H](O)[C@H](O)[C@H]2N=C(Nc3ccc(C)c(Cl)c3)S[C@@H]21. The van der Waals surface area contributed by atoms with Crippen molar-refractivity contribution in [2.45, 2.75) is 36.8 Å². The number of halogens is 1. The Kier molecular flexibility index (Phi) is 5.78. The Morgan fingerprint density at radius 1 is 1.50 bits per heavy atom. The van der Waals surface area contributed by atoms with Crippen molar-refractivity contribution in [3.63, 3.8) is 0 Å². The molecule has 1 aliphatic heterocycles. The molecule has 4 N–H and O–H groups in total. The molecule has 0 spiro atoms. The topological polar surface area (TPSA) is 94.0 Å². The highest BCUT2D eigenvalue weighted by molar-refractivity contribution is 8.15. The second-order valence-electron chi connectivity index (χ2n) is 6.42. The largest absolute Gasteiger partial charge is 0.390 e. The van der Waals surface area contributed by atoms with Gasteiger partial charge in [0.05, 0.1) is 24.6 Å². The molecule has 1 fully saturated rings. The minimum atomic E-state index is -1.01. The molecule has 0 aromatic heterocycles. The zero-order valence-electron chi connectivity index (χ0n) is 14.1. The van der Waals surface area contributed by atoms with E-state index in [4.69, 9.17) is 18.0 Å². The number of hydrogen-bond acceptors (Lipinski definition) is 6. The number of rotatable bonds is 3. The Balaban J connectivity index is 1.77. The van der Waals surface area contributed by atoms with Crippen LogP contribution in [0.5, 0.6) is 0 Å². The maximum atomic E-state index is 12.4. The van der Waals surface area contributed by atoms with Crippen LogP contribution in [0.1, 0.15) is 12.0 Å². The molecule has 2 aliphatic rings. The van der Waals surface area contributed by atoms with Crippen LogP contribution in [0.15, 0.2) is 23.2 Å². The van der Waals surface area contributed by atoms with E-state index in [2.05, 4.69) is 21.5 Å². The standard InChI is InChI=1S/C18H20ClN3O3S/c1-3-6-20-17(25)11-8-13(23)15(24)14-16(11)26-18(22-14)21-10-5-4-9(2)12(19)7-10/h1,4-5,7,11,13-16,23-24H,6,8H2,2H3,(H,20,25)(H,21,22)/t11-,13+,14+,15-,16+/m0/s1. The molecule has 0 unspecified atom stereocenters. The molecule has 1 aromatic carbocycles. The Morgan fingerprint density at radius 2 is 2.27 bits per heavy atom. The molecule has 1 heterocycles. The number of terminal acetylenes is 1. The van der Waals surface area contributed by atoms with Crippen LogP contribution in [-0.4, -0.2) is 51.3 Å². The Hall–Kier alpha value is -1.72. The van der Waals surface area contributed by atoms with Crippen molar-refractivity contribution in [2.24, 2.45) is 10.9 Å². The van der Waals surface area contributed by atoms with Gasteiger partial charge in [0.2, 0.25) is 5.91 Å². The van der Waals surface area contributed by atoms with Crippen molar-refractivity contribution in [3.05, 3.63) is 28.8 Å². The highest BCUT2D eigenvalue weighted by atomic mass is 35.5. The molecule has 0 bridgehead atoms.